The number of nitrogens with one attached hydrogen (secondary N) is 1. The van der Waals surface area contributed by atoms with E-state index in [0.29, 0.717) is 11.5 Å². The molecular weight excluding hydrogens is 352 g/mol. The van der Waals surface area contributed by atoms with Crippen LogP contribution in [0.15, 0.2) is 42.5 Å². The number of carbonyl (C=O) groups is 1. The van der Waals surface area contributed by atoms with Crippen molar-refractivity contribution in [3.8, 4) is 11.5 Å². The molecule has 0 spiro atoms. The molecule has 1 fully saturated rings. The molecule has 1 saturated heterocycles. The SMILES string of the molecule is C/C=C/c1ccc(OCC(=O)Nc2ccc(N3CCCC3)cc2C)c(OC)c1. The quantitative estimate of drug-likeness (QED) is 0.759. The van der Waals surface area contributed by atoms with Gasteiger partial charge in [-0.05, 0) is 68.1 Å². The summed E-state index contributed by atoms with van der Waals surface area (Å²) in [6.45, 7) is 6.11. The summed E-state index contributed by atoms with van der Waals surface area (Å²) in [4.78, 5) is 14.7. The number of hydrogen-bond acceptors (Lipinski definition) is 4. The number of aryl methyl sites for hydroxylation is 1. The molecule has 5 heteroatoms. The largest absolute Gasteiger partial charge is 0.493 e. The lowest BCUT2D eigenvalue weighted by Crippen LogP contribution is -2.21. The number of ether oxygens (including phenoxy) is 2. The maximum atomic E-state index is 12.3. The minimum Gasteiger partial charge on any atom is -0.493 e. The fraction of sp³-hybridized carbons (Fsp3) is 0.348. The van der Waals surface area contributed by atoms with Crippen LogP contribution in [0.3, 0.4) is 0 Å². The van der Waals surface area contributed by atoms with E-state index in [9.17, 15) is 4.79 Å². The zero-order valence-electron chi connectivity index (χ0n) is 16.8. The molecule has 2 aromatic carbocycles. The molecule has 148 valence electrons. The third kappa shape index (κ3) is 4.85. The average Bonchev–Trinajstić information content (AvgIpc) is 3.23. The van der Waals surface area contributed by atoms with Gasteiger partial charge in [-0.2, -0.15) is 0 Å². The fourth-order valence-corrected chi connectivity index (χ4v) is 3.39. The summed E-state index contributed by atoms with van der Waals surface area (Å²) in [5.74, 6) is 0.957. The van der Waals surface area contributed by atoms with Gasteiger partial charge >= 0.3 is 0 Å². The molecule has 0 aliphatic carbocycles. The van der Waals surface area contributed by atoms with Crippen molar-refractivity contribution < 1.29 is 14.3 Å². The first kappa shape index (κ1) is 19.8. The lowest BCUT2D eigenvalue weighted by atomic mass is 10.1. The Hall–Kier alpha value is -2.95. The van der Waals surface area contributed by atoms with E-state index in [0.717, 1.165) is 29.9 Å². The first-order valence-electron chi connectivity index (χ1n) is 9.69. The zero-order chi connectivity index (χ0) is 19.9. The highest BCUT2D eigenvalue weighted by molar-refractivity contribution is 5.93. The van der Waals surface area contributed by atoms with Gasteiger partial charge in [0.1, 0.15) is 0 Å². The molecule has 0 atom stereocenters. The molecule has 1 N–H and O–H groups in total. The maximum absolute atomic E-state index is 12.3. The minimum absolute atomic E-state index is 0.0767. The predicted octanol–water partition coefficient (Wildman–Crippen LogP) is 4.65. The van der Waals surface area contributed by atoms with E-state index in [4.69, 9.17) is 9.47 Å². The van der Waals surface area contributed by atoms with Crippen molar-refractivity contribution in [2.75, 3.05) is 37.0 Å². The molecule has 1 heterocycles. The van der Waals surface area contributed by atoms with Gasteiger partial charge in [0.2, 0.25) is 0 Å². The Kier molecular flexibility index (Phi) is 6.58. The van der Waals surface area contributed by atoms with E-state index in [2.05, 4.69) is 22.3 Å². The summed E-state index contributed by atoms with van der Waals surface area (Å²) >= 11 is 0. The van der Waals surface area contributed by atoms with Crippen LogP contribution in [0.4, 0.5) is 11.4 Å². The molecule has 0 bridgehead atoms. The average molecular weight is 380 g/mol. The summed E-state index contributed by atoms with van der Waals surface area (Å²) in [6, 6.07) is 11.8. The van der Waals surface area contributed by atoms with Crippen molar-refractivity contribution in [3.05, 3.63) is 53.6 Å². The van der Waals surface area contributed by atoms with Gasteiger partial charge in [-0.15, -0.1) is 0 Å². The Labute approximate surface area is 167 Å². The van der Waals surface area contributed by atoms with Crippen LogP contribution in [0.2, 0.25) is 0 Å². The first-order chi connectivity index (χ1) is 13.6. The number of nitrogens with zero attached hydrogens (tertiary/aromatic N) is 1. The molecule has 1 aliphatic heterocycles. The minimum atomic E-state index is -0.198. The van der Waals surface area contributed by atoms with Crippen LogP contribution >= 0.6 is 0 Å². The normalized spacial score (nSPS) is 13.8. The van der Waals surface area contributed by atoms with Gasteiger partial charge in [0.05, 0.1) is 7.11 Å². The van der Waals surface area contributed by atoms with Gasteiger partial charge in [-0.3, -0.25) is 4.79 Å². The lowest BCUT2D eigenvalue weighted by Gasteiger charge is -2.19. The highest BCUT2D eigenvalue weighted by Gasteiger charge is 2.14. The molecule has 1 amide bonds. The number of allylic oxidation sites excluding steroid dienone is 1. The second-order valence-electron chi connectivity index (χ2n) is 6.94. The molecule has 5 nitrogen and oxygen atoms in total. The van der Waals surface area contributed by atoms with Crippen molar-refractivity contribution in [1.29, 1.82) is 0 Å². The summed E-state index contributed by atoms with van der Waals surface area (Å²) in [5.41, 5.74) is 4.10. The predicted molar refractivity (Wildman–Crippen MR) is 114 cm³/mol. The number of amides is 1. The Balaban J connectivity index is 1.60. The van der Waals surface area contributed by atoms with E-state index in [1.54, 1.807) is 7.11 Å². The van der Waals surface area contributed by atoms with Crippen LogP contribution in [-0.2, 0) is 4.79 Å². The van der Waals surface area contributed by atoms with Gasteiger partial charge in [0, 0.05) is 24.5 Å². The molecule has 2 aromatic rings. The van der Waals surface area contributed by atoms with Crippen LogP contribution in [0, 0.1) is 6.92 Å². The lowest BCUT2D eigenvalue weighted by molar-refractivity contribution is -0.118. The Bertz CT molecular complexity index is 855. The Morgan fingerprint density at radius 3 is 2.61 bits per heavy atom. The Morgan fingerprint density at radius 2 is 1.93 bits per heavy atom. The third-order valence-corrected chi connectivity index (χ3v) is 4.86. The van der Waals surface area contributed by atoms with Crippen molar-refractivity contribution >= 4 is 23.4 Å². The summed E-state index contributed by atoms with van der Waals surface area (Å²) in [7, 11) is 1.59. The number of carbonyl (C=O) groups excluding carboxylic acids is 1. The van der Waals surface area contributed by atoms with Gasteiger partial charge in [0.25, 0.3) is 5.91 Å². The first-order valence-corrected chi connectivity index (χ1v) is 9.69. The van der Waals surface area contributed by atoms with E-state index >= 15 is 0 Å². The van der Waals surface area contributed by atoms with Gasteiger partial charge in [0.15, 0.2) is 18.1 Å². The van der Waals surface area contributed by atoms with Gasteiger partial charge in [-0.25, -0.2) is 0 Å². The number of rotatable bonds is 7. The third-order valence-electron chi connectivity index (χ3n) is 4.86. The van der Waals surface area contributed by atoms with Gasteiger partial charge < -0.3 is 19.7 Å². The molecule has 0 aromatic heterocycles. The summed E-state index contributed by atoms with van der Waals surface area (Å²) in [5, 5.41) is 2.93. The van der Waals surface area contributed by atoms with E-state index in [1.807, 2.05) is 50.3 Å². The van der Waals surface area contributed by atoms with E-state index in [-0.39, 0.29) is 12.5 Å². The highest BCUT2D eigenvalue weighted by Crippen LogP contribution is 2.29. The zero-order valence-corrected chi connectivity index (χ0v) is 16.8. The fourth-order valence-electron chi connectivity index (χ4n) is 3.39. The molecule has 3 rings (SSSR count). The number of methoxy groups -OCH3 is 1. The second kappa shape index (κ2) is 9.31. The summed E-state index contributed by atoms with van der Waals surface area (Å²) < 4.78 is 11.0. The topological polar surface area (TPSA) is 50.8 Å². The van der Waals surface area contributed by atoms with Crippen molar-refractivity contribution in [2.45, 2.75) is 26.7 Å². The molecule has 1 aliphatic rings. The van der Waals surface area contributed by atoms with Crippen LogP contribution in [0.25, 0.3) is 6.08 Å². The molecule has 28 heavy (non-hydrogen) atoms. The molecule has 0 unspecified atom stereocenters. The van der Waals surface area contributed by atoms with E-state index < -0.39 is 0 Å². The van der Waals surface area contributed by atoms with E-state index in [1.165, 1.54) is 18.5 Å². The maximum Gasteiger partial charge on any atom is 0.262 e. The highest BCUT2D eigenvalue weighted by atomic mass is 16.5. The Morgan fingerprint density at radius 1 is 1.14 bits per heavy atom. The monoisotopic (exact) mass is 380 g/mol. The standard InChI is InChI=1S/C23H28N2O3/c1-4-7-18-8-11-21(22(15-18)27-3)28-16-23(26)24-20-10-9-19(14-17(20)2)25-12-5-6-13-25/h4,7-11,14-15H,5-6,12-13,16H2,1-3H3,(H,24,26)/b7-4+. The van der Waals surface area contributed by atoms with Crippen molar-refractivity contribution in [3.63, 3.8) is 0 Å². The molecule has 0 radical (unpaired) electrons. The smallest absolute Gasteiger partial charge is 0.262 e. The second-order valence-corrected chi connectivity index (χ2v) is 6.94. The number of hydrogen-bond donors (Lipinski definition) is 1. The van der Waals surface area contributed by atoms with Crippen LogP contribution in [0.1, 0.15) is 30.9 Å². The number of benzene rings is 2. The van der Waals surface area contributed by atoms with Crippen LogP contribution < -0.4 is 19.7 Å². The van der Waals surface area contributed by atoms with Crippen molar-refractivity contribution in [2.24, 2.45) is 0 Å². The van der Waals surface area contributed by atoms with Crippen LogP contribution in [-0.4, -0.2) is 32.7 Å². The molecular formula is C23H28N2O3. The van der Waals surface area contributed by atoms with Crippen molar-refractivity contribution in [1.82, 2.24) is 0 Å². The molecule has 0 saturated carbocycles. The van der Waals surface area contributed by atoms with Gasteiger partial charge in [-0.1, -0.05) is 18.2 Å². The van der Waals surface area contributed by atoms with Crippen LogP contribution in [0.5, 0.6) is 11.5 Å². The summed E-state index contributed by atoms with van der Waals surface area (Å²) in [6.07, 6.45) is 6.43. The number of anilines is 2.